The summed E-state index contributed by atoms with van der Waals surface area (Å²) in [5, 5.41) is 0.644. The number of hydrogen-bond donors (Lipinski definition) is 1. The highest BCUT2D eigenvalue weighted by Crippen LogP contribution is 2.18. The maximum absolute atomic E-state index is 12.2. The standard InChI is InChI=1S/C13H17ClN2O/c1-9-6-7-16(8-12(9)15)13(17)10-2-4-11(14)5-3-10/h2-5,9,12H,6-8,15H2,1H3. The molecule has 1 amide bonds. The Morgan fingerprint density at radius 2 is 2.06 bits per heavy atom. The summed E-state index contributed by atoms with van der Waals surface area (Å²) in [7, 11) is 0. The number of benzene rings is 1. The maximum atomic E-state index is 12.2. The minimum Gasteiger partial charge on any atom is -0.337 e. The second-order valence-electron chi connectivity index (χ2n) is 4.69. The van der Waals surface area contributed by atoms with E-state index in [9.17, 15) is 4.79 Å². The van der Waals surface area contributed by atoms with Crippen molar-refractivity contribution < 1.29 is 4.79 Å². The molecule has 2 atom stereocenters. The average Bonchev–Trinajstić information content (AvgIpc) is 2.33. The number of nitrogens with two attached hydrogens (primary N) is 1. The molecule has 92 valence electrons. The van der Waals surface area contributed by atoms with Gasteiger partial charge in [0.15, 0.2) is 0 Å². The van der Waals surface area contributed by atoms with Gasteiger partial charge in [0.2, 0.25) is 0 Å². The lowest BCUT2D eigenvalue weighted by Crippen LogP contribution is -2.49. The molecular weight excluding hydrogens is 236 g/mol. The van der Waals surface area contributed by atoms with Gasteiger partial charge < -0.3 is 10.6 Å². The Kier molecular flexibility index (Phi) is 3.69. The first kappa shape index (κ1) is 12.4. The van der Waals surface area contributed by atoms with Crippen molar-refractivity contribution in [3.8, 4) is 0 Å². The van der Waals surface area contributed by atoms with Crippen LogP contribution in [0, 0.1) is 5.92 Å². The van der Waals surface area contributed by atoms with Crippen LogP contribution >= 0.6 is 11.6 Å². The first-order valence-electron chi connectivity index (χ1n) is 5.88. The summed E-state index contributed by atoms with van der Waals surface area (Å²) in [5.41, 5.74) is 6.67. The highest BCUT2D eigenvalue weighted by molar-refractivity contribution is 6.30. The Labute approximate surface area is 107 Å². The molecule has 0 aromatic heterocycles. The molecule has 3 nitrogen and oxygen atoms in total. The molecule has 17 heavy (non-hydrogen) atoms. The van der Waals surface area contributed by atoms with Crippen LogP contribution in [-0.4, -0.2) is 29.9 Å². The van der Waals surface area contributed by atoms with E-state index in [1.807, 2.05) is 4.90 Å². The van der Waals surface area contributed by atoms with Gasteiger partial charge in [-0.05, 0) is 36.6 Å². The lowest BCUT2D eigenvalue weighted by molar-refractivity contribution is 0.0672. The molecule has 1 aromatic rings. The van der Waals surface area contributed by atoms with Gasteiger partial charge in [-0.3, -0.25) is 4.79 Å². The Morgan fingerprint density at radius 3 is 2.65 bits per heavy atom. The molecule has 0 aliphatic carbocycles. The van der Waals surface area contributed by atoms with Crippen LogP contribution in [0.1, 0.15) is 23.7 Å². The summed E-state index contributed by atoms with van der Waals surface area (Å²) in [4.78, 5) is 14.0. The molecule has 1 aliphatic rings. The zero-order chi connectivity index (χ0) is 12.4. The van der Waals surface area contributed by atoms with Gasteiger partial charge in [0.05, 0.1) is 0 Å². The number of carbonyl (C=O) groups excluding carboxylic acids is 1. The molecule has 0 spiro atoms. The van der Waals surface area contributed by atoms with E-state index in [1.165, 1.54) is 0 Å². The highest BCUT2D eigenvalue weighted by atomic mass is 35.5. The fourth-order valence-electron chi connectivity index (χ4n) is 2.06. The van der Waals surface area contributed by atoms with Crippen molar-refractivity contribution in [3.63, 3.8) is 0 Å². The third-order valence-corrected chi connectivity index (χ3v) is 3.65. The first-order chi connectivity index (χ1) is 8.08. The largest absolute Gasteiger partial charge is 0.337 e. The van der Waals surface area contributed by atoms with Crippen molar-refractivity contribution in [3.05, 3.63) is 34.9 Å². The number of hydrogen-bond acceptors (Lipinski definition) is 2. The second kappa shape index (κ2) is 5.07. The molecule has 0 saturated carbocycles. The highest BCUT2D eigenvalue weighted by Gasteiger charge is 2.26. The number of halogens is 1. The smallest absolute Gasteiger partial charge is 0.253 e. The summed E-state index contributed by atoms with van der Waals surface area (Å²) in [6, 6.07) is 7.07. The molecular formula is C13H17ClN2O. The summed E-state index contributed by atoms with van der Waals surface area (Å²) in [5.74, 6) is 0.535. The third-order valence-electron chi connectivity index (χ3n) is 3.39. The van der Waals surface area contributed by atoms with Crippen LogP contribution in [0.2, 0.25) is 5.02 Å². The molecule has 1 aromatic carbocycles. The zero-order valence-electron chi connectivity index (χ0n) is 9.90. The number of nitrogens with zero attached hydrogens (tertiary/aromatic N) is 1. The topological polar surface area (TPSA) is 46.3 Å². The maximum Gasteiger partial charge on any atom is 0.253 e. The fraction of sp³-hybridized carbons (Fsp3) is 0.462. The van der Waals surface area contributed by atoms with Gasteiger partial charge in [0.25, 0.3) is 5.91 Å². The molecule has 1 heterocycles. The van der Waals surface area contributed by atoms with E-state index in [0.717, 1.165) is 13.0 Å². The van der Waals surface area contributed by atoms with Crippen LogP contribution in [0.15, 0.2) is 24.3 Å². The van der Waals surface area contributed by atoms with Crippen LogP contribution in [0.5, 0.6) is 0 Å². The van der Waals surface area contributed by atoms with Gasteiger partial charge in [0.1, 0.15) is 0 Å². The normalized spacial score (nSPS) is 24.8. The van der Waals surface area contributed by atoms with Crippen molar-refractivity contribution in [1.82, 2.24) is 4.90 Å². The number of carbonyl (C=O) groups is 1. The van der Waals surface area contributed by atoms with Crippen LogP contribution in [0.25, 0.3) is 0 Å². The number of rotatable bonds is 1. The SMILES string of the molecule is CC1CCN(C(=O)c2ccc(Cl)cc2)CC1N. The van der Waals surface area contributed by atoms with Gasteiger partial charge in [-0.15, -0.1) is 0 Å². The van der Waals surface area contributed by atoms with Gasteiger partial charge >= 0.3 is 0 Å². The van der Waals surface area contributed by atoms with Crippen LogP contribution in [0.3, 0.4) is 0 Å². The van der Waals surface area contributed by atoms with Crippen LogP contribution < -0.4 is 5.73 Å². The summed E-state index contributed by atoms with van der Waals surface area (Å²) >= 11 is 5.80. The fourth-order valence-corrected chi connectivity index (χ4v) is 2.18. The van der Waals surface area contributed by atoms with Crippen LogP contribution in [0.4, 0.5) is 0 Å². The van der Waals surface area contributed by atoms with Crippen molar-refractivity contribution in [2.24, 2.45) is 11.7 Å². The van der Waals surface area contributed by atoms with E-state index in [4.69, 9.17) is 17.3 Å². The van der Waals surface area contributed by atoms with E-state index in [2.05, 4.69) is 6.92 Å². The van der Waals surface area contributed by atoms with Crippen molar-refractivity contribution in [2.75, 3.05) is 13.1 Å². The van der Waals surface area contributed by atoms with Crippen LogP contribution in [-0.2, 0) is 0 Å². The van der Waals surface area contributed by atoms with Crippen molar-refractivity contribution in [1.29, 1.82) is 0 Å². The molecule has 0 bridgehead atoms. The Balaban J connectivity index is 2.08. The van der Waals surface area contributed by atoms with Gasteiger partial charge in [-0.2, -0.15) is 0 Å². The first-order valence-corrected chi connectivity index (χ1v) is 6.26. The average molecular weight is 253 g/mol. The second-order valence-corrected chi connectivity index (χ2v) is 5.12. The van der Waals surface area contributed by atoms with E-state index >= 15 is 0 Å². The molecule has 4 heteroatoms. The Hall–Kier alpha value is -1.06. The lowest BCUT2D eigenvalue weighted by atomic mass is 9.94. The number of piperidine rings is 1. The molecule has 2 rings (SSSR count). The zero-order valence-corrected chi connectivity index (χ0v) is 10.7. The Morgan fingerprint density at radius 1 is 1.41 bits per heavy atom. The van der Waals surface area contributed by atoms with Gasteiger partial charge in [0, 0.05) is 29.7 Å². The molecule has 0 radical (unpaired) electrons. The Bertz CT molecular complexity index is 404. The van der Waals surface area contributed by atoms with E-state index < -0.39 is 0 Å². The van der Waals surface area contributed by atoms with E-state index in [1.54, 1.807) is 24.3 Å². The monoisotopic (exact) mass is 252 g/mol. The number of likely N-dealkylation sites (tertiary alicyclic amines) is 1. The van der Waals surface area contributed by atoms with Crippen molar-refractivity contribution >= 4 is 17.5 Å². The molecule has 1 fully saturated rings. The van der Waals surface area contributed by atoms with Gasteiger partial charge in [-0.1, -0.05) is 18.5 Å². The quantitative estimate of drug-likeness (QED) is 0.833. The van der Waals surface area contributed by atoms with Crippen molar-refractivity contribution in [2.45, 2.75) is 19.4 Å². The third kappa shape index (κ3) is 2.79. The minimum absolute atomic E-state index is 0.0454. The lowest BCUT2D eigenvalue weighted by Gasteiger charge is -2.35. The number of amides is 1. The summed E-state index contributed by atoms with van der Waals surface area (Å²) < 4.78 is 0. The molecule has 2 N–H and O–H groups in total. The van der Waals surface area contributed by atoms with E-state index in [0.29, 0.717) is 23.0 Å². The van der Waals surface area contributed by atoms with E-state index in [-0.39, 0.29) is 11.9 Å². The minimum atomic E-state index is 0.0454. The molecule has 1 saturated heterocycles. The summed E-state index contributed by atoms with van der Waals surface area (Å²) in [6.45, 7) is 3.56. The predicted octanol–water partition coefficient (Wildman–Crippen LogP) is 2.15. The molecule has 1 aliphatic heterocycles. The molecule has 2 unspecified atom stereocenters. The van der Waals surface area contributed by atoms with Gasteiger partial charge in [-0.25, -0.2) is 0 Å². The predicted molar refractivity (Wildman–Crippen MR) is 69.1 cm³/mol. The summed E-state index contributed by atoms with van der Waals surface area (Å²) in [6.07, 6.45) is 0.973.